The molecule has 0 amide bonds. The van der Waals surface area contributed by atoms with Crippen LogP contribution < -0.4 is 5.73 Å². The zero-order valence-electron chi connectivity index (χ0n) is 47.9. The average molecular weight is 1330 g/mol. The summed E-state index contributed by atoms with van der Waals surface area (Å²) in [6.45, 7) is -2.05. The molecule has 92 heavy (non-hydrogen) atoms. The van der Waals surface area contributed by atoms with Gasteiger partial charge in [-0.1, -0.05) is 43.3 Å². The molecule has 0 aromatic heterocycles. The Morgan fingerprint density at radius 2 is 0.739 bits per heavy atom. The van der Waals surface area contributed by atoms with E-state index in [0.29, 0.717) is 0 Å². The van der Waals surface area contributed by atoms with E-state index in [0.717, 1.165) is 6.08 Å². The highest BCUT2D eigenvalue weighted by molar-refractivity contribution is 5.14. The second kappa shape index (κ2) is 40.2. The van der Waals surface area contributed by atoms with Crippen molar-refractivity contribution in [3.63, 3.8) is 0 Å². The van der Waals surface area contributed by atoms with E-state index >= 15 is 0 Å². The molecule has 5 aliphatic heterocycles. The number of ether oxygens (including phenoxy) is 10. The van der Waals surface area contributed by atoms with Crippen LogP contribution in [0, 0.1) is 0 Å². The van der Waals surface area contributed by atoms with Crippen LogP contribution in [0.3, 0.4) is 0 Å². The number of nitrogens with zero attached hydrogens (tertiary/aromatic N) is 18. The van der Waals surface area contributed by atoms with Gasteiger partial charge in [0.2, 0.25) is 25.2 Å². The molecule has 47 heteroatoms. The summed E-state index contributed by atoms with van der Waals surface area (Å²) in [5.41, 5.74) is 60.2. The maximum Gasteiger partial charge on any atom is 0.218 e. The van der Waals surface area contributed by atoms with Gasteiger partial charge in [0, 0.05) is 55.6 Å². The molecule has 514 valence electrons. The molecule has 0 spiro atoms. The highest BCUT2D eigenvalue weighted by Gasteiger charge is 2.51. The van der Waals surface area contributed by atoms with Crippen molar-refractivity contribution in [3.8, 4) is 0 Å². The predicted octanol–water partition coefficient (Wildman–Crippen LogP) is -0.370. The lowest BCUT2D eigenvalue weighted by atomic mass is 9.97. The van der Waals surface area contributed by atoms with Crippen molar-refractivity contribution in [2.45, 2.75) is 168 Å². The van der Waals surface area contributed by atoms with Crippen LogP contribution in [-0.4, -0.2) is 280 Å². The van der Waals surface area contributed by atoms with Gasteiger partial charge in [0.1, 0.15) is 79.9 Å². The van der Waals surface area contributed by atoms with Crippen LogP contribution in [-0.2, 0) is 47.4 Å². The van der Waals surface area contributed by atoms with Gasteiger partial charge in [-0.3, -0.25) is 0 Å². The zero-order valence-corrected chi connectivity index (χ0v) is 47.9. The first-order valence-electron chi connectivity index (χ1n) is 27.0. The Labute approximate surface area is 516 Å². The number of hydrogen-bond donors (Lipinski definition) is 19. The van der Waals surface area contributed by atoms with E-state index in [2.05, 4.69) is 66.7 Å². The Balaban J connectivity index is 2.39. The lowest BCUT2D eigenvalue weighted by molar-refractivity contribution is -0.333. The van der Waals surface area contributed by atoms with Crippen LogP contribution in [0.25, 0.3) is 62.7 Å². The summed E-state index contributed by atoms with van der Waals surface area (Å²) in [7, 11) is 0. The maximum atomic E-state index is 11.7. The summed E-state index contributed by atoms with van der Waals surface area (Å²) in [5, 5.41) is 223. The van der Waals surface area contributed by atoms with Crippen molar-refractivity contribution >= 4 is 0 Å². The van der Waals surface area contributed by atoms with E-state index < -0.39 is 266 Å². The molecule has 5 aliphatic rings. The number of hydrogen-bond acceptors (Lipinski definition) is 35. The van der Waals surface area contributed by atoms with Crippen LogP contribution in [0.5, 0.6) is 0 Å². The summed E-state index contributed by atoms with van der Waals surface area (Å²) in [5.74, 6) is -11.8. The molecule has 22 atom stereocenters. The van der Waals surface area contributed by atoms with E-state index in [-0.39, 0.29) is 0 Å². The molecule has 22 unspecified atom stereocenters. The predicted molar refractivity (Wildman–Crippen MR) is 296 cm³/mol. The fourth-order valence-corrected chi connectivity index (χ4v) is 8.63. The van der Waals surface area contributed by atoms with Gasteiger partial charge < -0.3 is 145 Å². The monoisotopic (exact) mass is 1330 g/mol. The maximum absolute atomic E-state index is 11.7. The van der Waals surface area contributed by atoms with E-state index in [1.165, 1.54) is 0 Å². The summed E-state index contributed by atoms with van der Waals surface area (Å²) in [4.78, 5) is 15.3. The van der Waals surface area contributed by atoms with Crippen LogP contribution in [0.4, 0.5) is 0 Å². The molecule has 5 heterocycles. The summed E-state index contributed by atoms with van der Waals surface area (Å²) in [6, 6.07) is 0. The minimum atomic E-state index is -2.88. The number of aliphatic hydroxyl groups is 18. The van der Waals surface area contributed by atoms with E-state index in [9.17, 15) is 103 Å². The molecule has 20 N–H and O–H groups in total. The van der Waals surface area contributed by atoms with Gasteiger partial charge in [-0.25, -0.2) is 0 Å². The topological polar surface area (TPSA) is 775 Å². The fourth-order valence-electron chi connectivity index (χ4n) is 8.63. The van der Waals surface area contributed by atoms with E-state index in [1.807, 2.05) is 0 Å². The summed E-state index contributed by atoms with van der Waals surface area (Å²) >= 11 is 0. The molecule has 0 radical (unpaired) electrons. The van der Waals surface area contributed by atoms with Gasteiger partial charge in [0.25, 0.3) is 0 Å². The Morgan fingerprint density at radius 3 is 1.13 bits per heavy atom. The smallest absolute Gasteiger partial charge is 0.218 e. The van der Waals surface area contributed by atoms with Crippen molar-refractivity contribution in [3.05, 3.63) is 121 Å². The molecular weight excluding hydrogens is 1250 g/mol. The number of aliphatic hydroxyl groups excluding tert-OH is 18. The standard InChI is InChI=1S/C45H71N19O28/c1-2-13-83-38-27(69)20(7-12-56-62-50)86-41(80)31(73)24(66)17(4-9-53-59-47)84-39(78)30(72)23(65)16(3-8-46)87-44-34(76)28(70)36(21(89-44)14-57-63-51)91-42(81)33(75)25(67)18(5-10-54-60-48)85-40(79)32(74)26(68)19(6-11-55-61-49)88-45-35(77)29(71)37(92-43(38)82)22(90-45)15-58-64-52/h2,16-23,28-30,34-37,39-45,65-82H,1,3-15,46H2/b31-24+,32-26-,33-25+,38-27+. The van der Waals surface area contributed by atoms with Crippen LogP contribution in [0.2, 0.25) is 0 Å². The Morgan fingerprint density at radius 1 is 0.391 bits per heavy atom. The minimum Gasteiger partial charge on any atom is -0.506 e. The third kappa shape index (κ3) is 22.5. The molecule has 0 aliphatic carbocycles. The first-order chi connectivity index (χ1) is 43.8. The van der Waals surface area contributed by atoms with Crippen LogP contribution in [0.1, 0.15) is 32.1 Å². The van der Waals surface area contributed by atoms with Crippen LogP contribution >= 0.6 is 0 Å². The SMILES string of the molecule is C=CCO/C1=C(/O)C(CCN=[N+]=[N-])OC(O)/C(O)=C(\O)C(CCN=[N+]=[N-])OC(O)C(O)C(O)C(CCN)OC2OC(CN=[N+]=[N-])C(OC(O)/C(O)=C(\O)C(CCN=[N+]=[N-])OC(O)/C(O)=C(/O)C(CCN=[N+]=[N-])OC3OC(CN=[N+]=[N-])C(OC1O)C(O)C3O)C(O)C2O. The molecule has 4 bridgehead atoms. The highest BCUT2D eigenvalue weighted by Crippen LogP contribution is 2.34. The first kappa shape index (κ1) is 78.4. The van der Waals surface area contributed by atoms with Gasteiger partial charge in [-0.05, 0) is 71.8 Å². The quantitative estimate of drug-likeness (QED) is 0.0302. The number of rotatable bonds is 21. The van der Waals surface area contributed by atoms with Crippen molar-refractivity contribution in [1.82, 2.24) is 0 Å². The molecule has 0 saturated carbocycles. The third-order valence-corrected chi connectivity index (χ3v) is 13.2. The lowest BCUT2D eigenvalue weighted by Crippen LogP contribution is -2.62. The second-order valence-electron chi connectivity index (χ2n) is 19.2. The van der Waals surface area contributed by atoms with E-state index in [1.54, 1.807) is 0 Å². The minimum absolute atomic E-state index is 0.434. The van der Waals surface area contributed by atoms with Gasteiger partial charge in [-0.15, -0.1) is 0 Å². The van der Waals surface area contributed by atoms with Crippen molar-refractivity contribution in [1.29, 1.82) is 0 Å². The van der Waals surface area contributed by atoms with Gasteiger partial charge in [0.05, 0.1) is 31.4 Å². The van der Waals surface area contributed by atoms with Crippen molar-refractivity contribution < 1.29 is 139 Å². The molecule has 47 nitrogen and oxygen atoms in total. The van der Waals surface area contributed by atoms with Crippen molar-refractivity contribution in [2.24, 2.45) is 36.4 Å². The third-order valence-electron chi connectivity index (χ3n) is 13.2. The van der Waals surface area contributed by atoms with Crippen molar-refractivity contribution in [2.75, 3.05) is 52.4 Å². The van der Waals surface area contributed by atoms with Gasteiger partial charge >= 0.3 is 0 Å². The molecule has 0 aromatic carbocycles. The van der Waals surface area contributed by atoms with Gasteiger partial charge in [-0.2, -0.15) is 0 Å². The normalized spacial score (nSPS) is 37.8. The molecule has 5 rings (SSSR count). The van der Waals surface area contributed by atoms with Crippen LogP contribution in [0.15, 0.2) is 89.4 Å². The Bertz CT molecular complexity index is 2810. The average Bonchev–Trinajstić information content (AvgIpc) is 0.832. The number of nitrogens with two attached hydrogens (primary N) is 1. The highest BCUT2D eigenvalue weighted by atomic mass is 16.7. The second-order valence-corrected chi connectivity index (χ2v) is 19.2. The Hall–Kier alpha value is -7.88. The zero-order chi connectivity index (χ0) is 68.8. The molecule has 2 saturated heterocycles. The first-order valence-corrected chi connectivity index (χ1v) is 27.0. The number of fused-ring (bicyclic) bond motifs is 2. The van der Waals surface area contributed by atoms with E-state index in [4.69, 9.17) is 75.2 Å². The molecule has 0 aromatic rings. The summed E-state index contributed by atoms with van der Waals surface area (Å²) in [6.07, 6.45) is -54.1. The largest absolute Gasteiger partial charge is 0.506 e. The molecule has 2 fully saturated rings. The molecular formula is C45H71N19O28. The Kier molecular flexibility index (Phi) is 34.2. The van der Waals surface area contributed by atoms with Gasteiger partial charge in [0.15, 0.2) is 64.9 Å². The lowest BCUT2D eigenvalue weighted by Gasteiger charge is -2.44. The summed E-state index contributed by atoms with van der Waals surface area (Å²) < 4.78 is 55.2. The number of azide groups is 6. The fraction of sp³-hybridized carbons (Fsp3) is 0.778.